The molecule has 0 aromatic heterocycles. The maximum atomic E-state index is 6.02. The molecule has 2 aliphatic rings. The van der Waals surface area contributed by atoms with Crippen LogP contribution >= 0.6 is 11.8 Å². The second-order valence-electron chi connectivity index (χ2n) is 4.57. The van der Waals surface area contributed by atoms with E-state index in [9.17, 15) is 0 Å². The van der Waals surface area contributed by atoms with Gasteiger partial charge in [0, 0.05) is 30.6 Å². The van der Waals surface area contributed by atoms with Gasteiger partial charge in [0.05, 0.1) is 6.54 Å². The third kappa shape index (κ3) is 3.04. The van der Waals surface area contributed by atoms with E-state index in [0.717, 1.165) is 25.6 Å². The smallest absolute Gasteiger partial charge is 0.191 e. The van der Waals surface area contributed by atoms with Crippen LogP contribution in [0.25, 0.3) is 0 Å². The molecule has 92 valence electrons. The highest BCUT2D eigenvalue weighted by Crippen LogP contribution is 2.15. The second-order valence-corrected chi connectivity index (χ2v) is 5.80. The minimum Gasteiger partial charge on any atom is -0.370 e. The summed E-state index contributed by atoms with van der Waals surface area (Å²) in [5.41, 5.74) is 6.02. The molecule has 16 heavy (non-hydrogen) atoms. The molecular formula is C11H22N4S. The summed E-state index contributed by atoms with van der Waals surface area (Å²) in [6, 6.07) is 0.609. The Labute approximate surface area is 102 Å². The summed E-state index contributed by atoms with van der Waals surface area (Å²) in [5.74, 6) is 3.11. The Morgan fingerprint density at radius 1 is 1.38 bits per heavy atom. The molecule has 2 aliphatic heterocycles. The van der Waals surface area contributed by atoms with Crippen LogP contribution in [0.15, 0.2) is 4.99 Å². The lowest BCUT2D eigenvalue weighted by Crippen LogP contribution is -2.43. The molecule has 0 radical (unpaired) electrons. The van der Waals surface area contributed by atoms with Crippen LogP contribution in [0.2, 0.25) is 0 Å². The molecule has 0 aliphatic carbocycles. The number of nitrogens with zero attached hydrogens (tertiary/aromatic N) is 3. The average Bonchev–Trinajstić information content (AvgIpc) is 2.73. The Kier molecular flexibility index (Phi) is 4.35. The molecule has 0 aromatic rings. The zero-order chi connectivity index (χ0) is 11.4. The van der Waals surface area contributed by atoms with Crippen LogP contribution in [0, 0.1) is 0 Å². The van der Waals surface area contributed by atoms with E-state index in [0.29, 0.717) is 6.04 Å². The fraction of sp³-hybridized carbons (Fsp3) is 0.909. The summed E-state index contributed by atoms with van der Waals surface area (Å²) in [5, 5.41) is 0. The number of rotatable bonds is 2. The number of nitrogens with two attached hydrogens (primary N) is 1. The largest absolute Gasteiger partial charge is 0.370 e. The van der Waals surface area contributed by atoms with Crippen LogP contribution in [0.5, 0.6) is 0 Å². The Hall–Kier alpha value is -0.420. The van der Waals surface area contributed by atoms with Crippen LogP contribution in [0.3, 0.4) is 0 Å². The van der Waals surface area contributed by atoms with Gasteiger partial charge in [-0.15, -0.1) is 0 Å². The van der Waals surface area contributed by atoms with Gasteiger partial charge in [0.15, 0.2) is 5.96 Å². The fourth-order valence-electron chi connectivity index (χ4n) is 2.30. The van der Waals surface area contributed by atoms with Crippen LogP contribution in [0.1, 0.15) is 12.8 Å². The molecule has 2 fully saturated rings. The Morgan fingerprint density at radius 2 is 2.12 bits per heavy atom. The number of likely N-dealkylation sites (tertiary alicyclic amines) is 1. The zero-order valence-corrected chi connectivity index (χ0v) is 10.9. The standard InChI is InChI=1S/C11H22N4S/c1-14-4-2-3-10(14)9-13-11(12)15-5-7-16-8-6-15/h10H,2-9H2,1H3,(H2,12,13). The van der Waals surface area contributed by atoms with Crippen molar-refractivity contribution < 1.29 is 0 Å². The van der Waals surface area contributed by atoms with Crippen molar-refractivity contribution in [2.45, 2.75) is 18.9 Å². The monoisotopic (exact) mass is 242 g/mol. The number of thioether (sulfide) groups is 1. The first-order valence-corrected chi connectivity index (χ1v) is 7.25. The number of aliphatic imine (C=N–C) groups is 1. The highest BCUT2D eigenvalue weighted by molar-refractivity contribution is 7.99. The van der Waals surface area contributed by atoms with Gasteiger partial charge < -0.3 is 15.5 Å². The van der Waals surface area contributed by atoms with E-state index >= 15 is 0 Å². The summed E-state index contributed by atoms with van der Waals surface area (Å²) in [6.45, 7) is 4.19. The Bertz CT molecular complexity index is 250. The van der Waals surface area contributed by atoms with Crippen molar-refractivity contribution in [3.8, 4) is 0 Å². The number of guanidine groups is 1. The molecule has 1 unspecified atom stereocenters. The van der Waals surface area contributed by atoms with Gasteiger partial charge in [0.2, 0.25) is 0 Å². The normalized spacial score (nSPS) is 28.7. The summed E-state index contributed by atoms with van der Waals surface area (Å²) in [6.07, 6.45) is 2.57. The number of hydrogen-bond acceptors (Lipinski definition) is 3. The predicted octanol–water partition coefficient (Wildman–Crippen LogP) is 0.444. The first-order valence-electron chi connectivity index (χ1n) is 6.10. The first kappa shape index (κ1) is 12.0. The molecule has 1 atom stereocenters. The molecule has 0 aromatic carbocycles. The molecule has 0 bridgehead atoms. The third-order valence-corrected chi connectivity index (χ3v) is 4.41. The van der Waals surface area contributed by atoms with E-state index in [-0.39, 0.29) is 0 Å². The lowest BCUT2D eigenvalue weighted by molar-refractivity contribution is 0.316. The van der Waals surface area contributed by atoms with Gasteiger partial charge in [-0.1, -0.05) is 0 Å². The van der Waals surface area contributed by atoms with E-state index < -0.39 is 0 Å². The molecule has 0 amide bonds. The van der Waals surface area contributed by atoms with E-state index in [1.807, 2.05) is 11.8 Å². The van der Waals surface area contributed by atoms with Crippen molar-refractivity contribution in [1.29, 1.82) is 0 Å². The molecular weight excluding hydrogens is 220 g/mol. The topological polar surface area (TPSA) is 44.9 Å². The highest BCUT2D eigenvalue weighted by atomic mass is 32.2. The maximum Gasteiger partial charge on any atom is 0.191 e. The number of hydrogen-bond donors (Lipinski definition) is 1. The SMILES string of the molecule is CN1CCCC1CN=C(N)N1CCSCC1. The van der Waals surface area contributed by atoms with Crippen molar-refractivity contribution in [3.05, 3.63) is 0 Å². The number of likely N-dealkylation sites (N-methyl/N-ethyl adjacent to an activating group) is 1. The minimum absolute atomic E-state index is 0.609. The molecule has 2 rings (SSSR count). The molecule has 0 saturated carbocycles. The quantitative estimate of drug-likeness (QED) is 0.564. The van der Waals surface area contributed by atoms with Crippen molar-refractivity contribution >= 4 is 17.7 Å². The maximum absolute atomic E-state index is 6.02. The van der Waals surface area contributed by atoms with Crippen molar-refractivity contribution in [3.63, 3.8) is 0 Å². The van der Waals surface area contributed by atoms with E-state index in [1.54, 1.807) is 0 Å². The van der Waals surface area contributed by atoms with Crippen molar-refractivity contribution in [2.75, 3.05) is 44.7 Å². The van der Waals surface area contributed by atoms with Gasteiger partial charge in [-0.25, -0.2) is 0 Å². The summed E-state index contributed by atoms with van der Waals surface area (Å²) < 4.78 is 0. The summed E-state index contributed by atoms with van der Waals surface area (Å²) in [4.78, 5) is 9.16. The molecule has 0 spiro atoms. The molecule has 2 saturated heterocycles. The zero-order valence-electron chi connectivity index (χ0n) is 10.1. The highest BCUT2D eigenvalue weighted by Gasteiger charge is 2.20. The van der Waals surface area contributed by atoms with Gasteiger partial charge in [-0.2, -0.15) is 11.8 Å². The summed E-state index contributed by atoms with van der Waals surface area (Å²) >= 11 is 2.00. The van der Waals surface area contributed by atoms with Crippen LogP contribution in [-0.2, 0) is 0 Å². The fourth-order valence-corrected chi connectivity index (χ4v) is 3.20. The van der Waals surface area contributed by atoms with Gasteiger partial charge in [0.25, 0.3) is 0 Å². The molecule has 5 heteroatoms. The van der Waals surface area contributed by atoms with Crippen molar-refractivity contribution in [2.24, 2.45) is 10.7 Å². The molecule has 2 heterocycles. The van der Waals surface area contributed by atoms with Gasteiger partial charge in [0.1, 0.15) is 0 Å². The average molecular weight is 242 g/mol. The third-order valence-electron chi connectivity index (χ3n) is 3.47. The second kappa shape index (κ2) is 5.77. The Balaban J connectivity index is 1.81. The molecule has 2 N–H and O–H groups in total. The molecule has 4 nitrogen and oxygen atoms in total. The van der Waals surface area contributed by atoms with Crippen molar-refractivity contribution in [1.82, 2.24) is 9.80 Å². The van der Waals surface area contributed by atoms with Crippen LogP contribution in [0.4, 0.5) is 0 Å². The van der Waals surface area contributed by atoms with Gasteiger partial charge in [-0.3, -0.25) is 4.99 Å². The van der Waals surface area contributed by atoms with Crippen LogP contribution < -0.4 is 5.73 Å². The summed E-state index contributed by atoms with van der Waals surface area (Å²) in [7, 11) is 2.18. The predicted molar refractivity (Wildman–Crippen MR) is 71.0 cm³/mol. The van der Waals surface area contributed by atoms with Crippen LogP contribution in [-0.4, -0.2) is 66.5 Å². The van der Waals surface area contributed by atoms with E-state index in [4.69, 9.17) is 5.73 Å². The van der Waals surface area contributed by atoms with Gasteiger partial charge >= 0.3 is 0 Å². The lowest BCUT2D eigenvalue weighted by atomic mass is 10.2. The lowest BCUT2D eigenvalue weighted by Gasteiger charge is -2.27. The Morgan fingerprint density at radius 3 is 2.75 bits per heavy atom. The first-order chi connectivity index (χ1) is 7.77. The van der Waals surface area contributed by atoms with Gasteiger partial charge in [-0.05, 0) is 26.4 Å². The minimum atomic E-state index is 0.609. The van der Waals surface area contributed by atoms with E-state index in [2.05, 4.69) is 21.8 Å². The van der Waals surface area contributed by atoms with E-state index in [1.165, 1.54) is 30.9 Å².